The fourth-order valence-corrected chi connectivity index (χ4v) is 2.51. The van der Waals surface area contributed by atoms with Gasteiger partial charge in [-0.3, -0.25) is 0 Å². The number of ether oxygens (including phenoxy) is 1. The Bertz CT molecular complexity index is 427. The maximum Gasteiger partial charge on any atom is 0.217 e. The summed E-state index contributed by atoms with van der Waals surface area (Å²) in [5, 5.41) is 12.6. The van der Waals surface area contributed by atoms with Crippen LogP contribution in [-0.2, 0) is 6.54 Å². The van der Waals surface area contributed by atoms with E-state index in [9.17, 15) is 0 Å². The van der Waals surface area contributed by atoms with Gasteiger partial charge in [-0.05, 0) is 18.9 Å². The van der Waals surface area contributed by atoms with Crippen molar-refractivity contribution in [1.29, 1.82) is 5.26 Å². The first-order valence-electron chi connectivity index (χ1n) is 6.46. The zero-order chi connectivity index (χ0) is 12.8. The van der Waals surface area contributed by atoms with Gasteiger partial charge in [0.2, 0.25) is 5.88 Å². The SMILES string of the molecule is COc1ncccc1CNC1CCCCC1C#N. The van der Waals surface area contributed by atoms with E-state index in [0.717, 1.165) is 18.4 Å². The van der Waals surface area contributed by atoms with E-state index in [1.54, 1.807) is 13.3 Å². The topological polar surface area (TPSA) is 57.9 Å². The Morgan fingerprint density at radius 1 is 1.50 bits per heavy atom. The zero-order valence-electron chi connectivity index (χ0n) is 10.7. The molecule has 1 heterocycles. The molecule has 0 saturated heterocycles. The highest BCUT2D eigenvalue weighted by molar-refractivity contribution is 5.25. The third-order valence-corrected chi connectivity index (χ3v) is 3.53. The average molecular weight is 245 g/mol. The average Bonchev–Trinajstić information content (AvgIpc) is 2.45. The lowest BCUT2D eigenvalue weighted by Crippen LogP contribution is -2.37. The van der Waals surface area contributed by atoms with Gasteiger partial charge in [0.1, 0.15) is 0 Å². The van der Waals surface area contributed by atoms with Gasteiger partial charge in [-0.1, -0.05) is 18.9 Å². The van der Waals surface area contributed by atoms with Crippen LogP contribution in [0.2, 0.25) is 0 Å². The van der Waals surface area contributed by atoms with Crippen LogP contribution >= 0.6 is 0 Å². The van der Waals surface area contributed by atoms with Crippen LogP contribution in [0.3, 0.4) is 0 Å². The van der Waals surface area contributed by atoms with Crippen molar-refractivity contribution in [1.82, 2.24) is 10.3 Å². The molecule has 0 amide bonds. The van der Waals surface area contributed by atoms with Crippen LogP contribution in [0.15, 0.2) is 18.3 Å². The first kappa shape index (κ1) is 12.8. The smallest absolute Gasteiger partial charge is 0.217 e. The van der Waals surface area contributed by atoms with Gasteiger partial charge in [-0.2, -0.15) is 5.26 Å². The minimum atomic E-state index is 0.140. The number of nitrogens with one attached hydrogen (secondary N) is 1. The van der Waals surface area contributed by atoms with E-state index in [-0.39, 0.29) is 5.92 Å². The molecule has 4 heteroatoms. The quantitative estimate of drug-likeness (QED) is 0.884. The summed E-state index contributed by atoms with van der Waals surface area (Å²) >= 11 is 0. The molecule has 0 radical (unpaired) electrons. The Hall–Kier alpha value is -1.60. The van der Waals surface area contributed by atoms with Gasteiger partial charge in [0.25, 0.3) is 0 Å². The molecule has 1 fully saturated rings. The second kappa shape index (κ2) is 6.36. The highest BCUT2D eigenvalue weighted by Crippen LogP contribution is 2.24. The molecule has 96 valence electrons. The van der Waals surface area contributed by atoms with Gasteiger partial charge in [0, 0.05) is 24.3 Å². The normalized spacial score (nSPS) is 23.3. The summed E-state index contributed by atoms with van der Waals surface area (Å²) in [7, 11) is 1.63. The van der Waals surface area contributed by atoms with E-state index in [0.29, 0.717) is 18.5 Å². The molecule has 1 aliphatic rings. The van der Waals surface area contributed by atoms with Crippen LogP contribution in [0.1, 0.15) is 31.2 Å². The molecule has 2 rings (SSSR count). The fourth-order valence-electron chi connectivity index (χ4n) is 2.51. The number of rotatable bonds is 4. The van der Waals surface area contributed by atoms with Gasteiger partial charge >= 0.3 is 0 Å². The molecule has 1 aromatic heterocycles. The molecule has 4 nitrogen and oxygen atoms in total. The molecule has 18 heavy (non-hydrogen) atoms. The van der Waals surface area contributed by atoms with E-state index >= 15 is 0 Å². The molecular formula is C14H19N3O. The van der Waals surface area contributed by atoms with Crippen LogP contribution < -0.4 is 10.1 Å². The first-order valence-corrected chi connectivity index (χ1v) is 6.46. The predicted octanol–water partition coefficient (Wildman–Crippen LogP) is 2.26. The summed E-state index contributed by atoms with van der Waals surface area (Å²) in [6.07, 6.45) is 6.20. The van der Waals surface area contributed by atoms with Crippen molar-refractivity contribution in [2.45, 2.75) is 38.3 Å². The second-order valence-electron chi connectivity index (χ2n) is 4.68. The van der Waals surface area contributed by atoms with Gasteiger partial charge in [-0.25, -0.2) is 4.98 Å². The van der Waals surface area contributed by atoms with Crippen molar-refractivity contribution in [3.63, 3.8) is 0 Å². The lowest BCUT2D eigenvalue weighted by atomic mass is 9.85. The van der Waals surface area contributed by atoms with Crippen molar-refractivity contribution in [3.8, 4) is 11.9 Å². The second-order valence-corrected chi connectivity index (χ2v) is 4.68. The predicted molar refractivity (Wildman–Crippen MR) is 69.0 cm³/mol. The molecule has 1 N–H and O–H groups in total. The number of pyridine rings is 1. The van der Waals surface area contributed by atoms with Gasteiger partial charge in [-0.15, -0.1) is 0 Å². The Morgan fingerprint density at radius 2 is 2.33 bits per heavy atom. The number of aromatic nitrogens is 1. The van der Waals surface area contributed by atoms with E-state index in [1.165, 1.54) is 12.8 Å². The van der Waals surface area contributed by atoms with Crippen LogP contribution in [0.4, 0.5) is 0 Å². The summed E-state index contributed by atoms with van der Waals surface area (Å²) in [6, 6.07) is 6.62. The fraction of sp³-hybridized carbons (Fsp3) is 0.571. The maximum absolute atomic E-state index is 9.13. The van der Waals surface area contributed by atoms with Crippen molar-refractivity contribution in [2.24, 2.45) is 5.92 Å². The van der Waals surface area contributed by atoms with Crippen molar-refractivity contribution in [2.75, 3.05) is 7.11 Å². The van der Waals surface area contributed by atoms with Crippen LogP contribution in [-0.4, -0.2) is 18.1 Å². The monoisotopic (exact) mass is 245 g/mol. The molecule has 1 aromatic rings. The molecule has 0 aromatic carbocycles. The number of hydrogen-bond donors (Lipinski definition) is 1. The molecular weight excluding hydrogens is 226 g/mol. The van der Waals surface area contributed by atoms with E-state index < -0.39 is 0 Å². The minimum absolute atomic E-state index is 0.140. The highest BCUT2D eigenvalue weighted by atomic mass is 16.5. The lowest BCUT2D eigenvalue weighted by Gasteiger charge is -2.27. The Kier molecular flexibility index (Phi) is 4.54. The number of nitrogens with zero attached hydrogens (tertiary/aromatic N) is 2. The van der Waals surface area contributed by atoms with Crippen LogP contribution in [0.5, 0.6) is 5.88 Å². The largest absolute Gasteiger partial charge is 0.481 e. The molecule has 1 saturated carbocycles. The molecule has 0 spiro atoms. The highest BCUT2D eigenvalue weighted by Gasteiger charge is 2.24. The summed E-state index contributed by atoms with van der Waals surface area (Å²) in [4.78, 5) is 4.17. The van der Waals surface area contributed by atoms with Crippen LogP contribution in [0.25, 0.3) is 0 Å². The summed E-state index contributed by atoms with van der Waals surface area (Å²) < 4.78 is 5.22. The first-order chi connectivity index (χ1) is 8.85. The standard InChI is InChI=1S/C14H19N3O/c1-18-14-12(6-4-8-16-14)10-17-13-7-3-2-5-11(13)9-15/h4,6,8,11,13,17H,2-3,5,7,10H2,1H3. The zero-order valence-corrected chi connectivity index (χ0v) is 10.7. The maximum atomic E-state index is 9.13. The van der Waals surface area contributed by atoms with Crippen molar-refractivity contribution < 1.29 is 4.74 Å². The number of nitriles is 1. The van der Waals surface area contributed by atoms with E-state index in [1.807, 2.05) is 12.1 Å². The van der Waals surface area contributed by atoms with Crippen molar-refractivity contribution in [3.05, 3.63) is 23.9 Å². The Morgan fingerprint density at radius 3 is 3.11 bits per heavy atom. The van der Waals surface area contributed by atoms with E-state index in [2.05, 4.69) is 16.4 Å². The van der Waals surface area contributed by atoms with Gasteiger partial charge < -0.3 is 10.1 Å². The molecule has 1 aliphatic carbocycles. The van der Waals surface area contributed by atoms with Gasteiger partial charge in [0.05, 0.1) is 19.1 Å². The Labute approximate surface area is 108 Å². The van der Waals surface area contributed by atoms with Gasteiger partial charge in [0.15, 0.2) is 0 Å². The lowest BCUT2D eigenvalue weighted by molar-refractivity contribution is 0.308. The summed E-state index contributed by atoms with van der Waals surface area (Å²) in [6.45, 7) is 0.708. The van der Waals surface area contributed by atoms with Crippen molar-refractivity contribution >= 4 is 0 Å². The molecule has 0 aliphatic heterocycles. The number of methoxy groups -OCH3 is 1. The molecule has 2 atom stereocenters. The summed E-state index contributed by atoms with van der Waals surface area (Å²) in [5.41, 5.74) is 1.04. The van der Waals surface area contributed by atoms with Crippen LogP contribution in [0, 0.1) is 17.2 Å². The summed E-state index contributed by atoms with van der Waals surface area (Å²) in [5.74, 6) is 0.802. The Balaban J connectivity index is 1.96. The van der Waals surface area contributed by atoms with E-state index in [4.69, 9.17) is 10.00 Å². The molecule has 2 unspecified atom stereocenters. The minimum Gasteiger partial charge on any atom is -0.481 e. The molecule has 0 bridgehead atoms. The number of hydrogen-bond acceptors (Lipinski definition) is 4. The third-order valence-electron chi connectivity index (χ3n) is 3.53. The third kappa shape index (κ3) is 2.99.